The summed E-state index contributed by atoms with van der Waals surface area (Å²) in [5.74, 6) is -3.40. The maximum absolute atomic E-state index is 13.4. The lowest BCUT2D eigenvalue weighted by atomic mass is 9.98. The Morgan fingerprint density at radius 2 is 1.53 bits per heavy atom. The molecular weight excluding hydrogens is 477 g/mol. The van der Waals surface area contributed by atoms with Gasteiger partial charge in [0, 0.05) is 33.3 Å². The third-order valence-electron chi connectivity index (χ3n) is 4.59. The van der Waals surface area contributed by atoms with Gasteiger partial charge in [0.25, 0.3) is 0 Å². The minimum atomic E-state index is -1.91. The standard InChI is InChI=1S/C21H22FNO10S/c1-10(24)28-9-16-17(29-11(2)25)18(30-12(3)26)19(31-13(4)27)21(32-16)33-23-20(34-21)14-5-7-15(22)8-6-14/h5-8,16-19H,9H2,1-4H3/t16-,17-,18+,19-,21-/m1/s1. The predicted molar refractivity (Wildman–Crippen MR) is 113 cm³/mol. The van der Waals surface area contributed by atoms with E-state index < -0.39 is 65.8 Å². The third-order valence-corrected chi connectivity index (χ3v) is 5.78. The highest BCUT2D eigenvalue weighted by atomic mass is 32.2. The van der Waals surface area contributed by atoms with Crippen LogP contribution in [0.2, 0.25) is 0 Å². The average molecular weight is 499 g/mol. The van der Waals surface area contributed by atoms with Crippen molar-refractivity contribution in [2.75, 3.05) is 6.61 Å². The van der Waals surface area contributed by atoms with Crippen molar-refractivity contribution in [2.24, 2.45) is 5.16 Å². The number of hydrogen-bond donors (Lipinski definition) is 0. The molecule has 1 fully saturated rings. The van der Waals surface area contributed by atoms with Gasteiger partial charge in [-0.25, -0.2) is 4.39 Å². The Balaban J connectivity index is 2.02. The number of halogens is 1. The van der Waals surface area contributed by atoms with E-state index in [2.05, 4.69) is 5.16 Å². The van der Waals surface area contributed by atoms with Gasteiger partial charge < -0.3 is 28.5 Å². The fourth-order valence-corrected chi connectivity index (χ4v) is 4.51. The number of hydrogen-bond acceptors (Lipinski definition) is 12. The van der Waals surface area contributed by atoms with Crippen LogP contribution in [-0.2, 0) is 47.7 Å². The molecule has 34 heavy (non-hydrogen) atoms. The number of oxime groups is 1. The highest BCUT2D eigenvalue weighted by Gasteiger charge is 2.65. The number of carbonyl (C=O) groups is 4. The molecule has 0 aliphatic carbocycles. The molecule has 184 valence electrons. The van der Waals surface area contributed by atoms with Gasteiger partial charge in [-0.05, 0) is 36.0 Å². The van der Waals surface area contributed by atoms with Crippen LogP contribution < -0.4 is 0 Å². The van der Waals surface area contributed by atoms with E-state index >= 15 is 0 Å². The molecule has 13 heteroatoms. The Kier molecular flexibility index (Phi) is 7.77. The molecule has 0 amide bonds. The molecule has 0 saturated carbocycles. The second kappa shape index (κ2) is 10.4. The van der Waals surface area contributed by atoms with Crippen molar-refractivity contribution >= 4 is 40.7 Å². The van der Waals surface area contributed by atoms with Crippen LogP contribution >= 0.6 is 11.8 Å². The van der Waals surface area contributed by atoms with Crippen molar-refractivity contribution in [2.45, 2.75) is 57.2 Å². The van der Waals surface area contributed by atoms with Crippen LogP contribution in [0.4, 0.5) is 4.39 Å². The van der Waals surface area contributed by atoms with Crippen molar-refractivity contribution in [3.8, 4) is 0 Å². The van der Waals surface area contributed by atoms with Gasteiger partial charge in [-0.1, -0.05) is 5.16 Å². The molecule has 2 heterocycles. The fourth-order valence-electron chi connectivity index (χ4n) is 3.37. The summed E-state index contributed by atoms with van der Waals surface area (Å²) in [6.07, 6.45) is -5.39. The highest BCUT2D eigenvalue weighted by Crippen LogP contribution is 2.48. The van der Waals surface area contributed by atoms with Gasteiger partial charge in [0.15, 0.2) is 12.2 Å². The SMILES string of the molecule is CC(=O)OC[C@H]1O[C@@]2(ON=C(c3ccc(F)cc3)S2)[C@H](OC(C)=O)[C@@H](OC(C)=O)[C@@H]1OC(C)=O. The van der Waals surface area contributed by atoms with E-state index in [1.165, 1.54) is 31.2 Å². The number of nitrogens with zero attached hydrogens (tertiary/aromatic N) is 1. The summed E-state index contributed by atoms with van der Waals surface area (Å²) in [5, 5.41) is 2.32. The maximum Gasteiger partial charge on any atom is 0.332 e. The number of rotatable bonds is 6. The van der Waals surface area contributed by atoms with Crippen molar-refractivity contribution in [1.29, 1.82) is 0 Å². The van der Waals surface area contributed by atoms with Gasteiger partial charge in [-0.3, -0.25) is 19.2 Å². The molecule has 1 spiro atoms. The lowest BCUT2D eigenvalue weighted by Crippen LogP contribution is -2.67. The molecule has 0 unspecified atom stereocenters. The average Bonchev–Trinajstić information content (AvgIpc) is 3.16. The second-order valence-corrected chi connectivity index (χ2v) is 8.50. The van der Waals surface area contributed by atoms with Crippen LogP contribution in [-0.4, -0.2) is 65.1 Å². The van der Waals surface area contributed by atoms with Crippen LogP contribution in [0.5, 0.6) is 0 Å². The van der Waals surface area contributed by atoms with Crippen molar-refractivity contribution < 1.29 is 52.1 Å². The molecule has 11 nitrogen and oxygen atoms in total. The molecule has 5 atom stereocenters. The molecule has 1 aromatic carbocycles. The van der Waals surface area contributed by atoms with Crippen LogP contribution in [0.25, 0.3) is 0 Å². The number of benzene rings is 1. The summed E-state index contributed by atoms with van der Waals surface area (Å²) >= 11 is 0.866. The van der Waals surface area contributed by atoms with E-state index in [0.717, 1.165) is 32.5 Å². The van der Waals surface area contributed by atoms with Gasteiger partial charge in [0.2, 0.25) is 6.10 Å². The van der Waals surface area contributed by atoms with Gasteiger partial charge >= 0.3 is 29.0 Å². The zero-order chi connectivity index (χ0) is 25.0. The monoisotopic (exact) mass is 499 g/mol. The first-order chi connectivity index (χ1) is 16.0. The first-order valence-electron chi connectivity index (χ1n) is 10.0. The molecule has 1 aromatic rings. The summed E-state index contributed by atoms with van der Waals surface area (Å²) in [5.41, 5.74) is 0.469. The predicted octanol–water partition coefficient (Wildman–Crippen LogP) is 1.66. The van der Waals surface area contributed by atoms with E-state index in [1.807, 2.05) is 0 Å². The Labute approximate surface area is 197 Å². The summed E-state index contributed by atoms with van der Waals surface area (Å²) in [7, 11) is 0. The Hall–Kier alpha value is -3.19. The van der Waals surface area contributed by atoms with Crippen molar-refractivity contribution in [1.82, 2.24) is 0 Å². The summed E-state index contributed by atoms with van der Waals surface area (Å²) in [6.45, 7) is 4.11. The largest absolute Gasteiger partial charge is 0.463 e. The first-order valence-corrected chi connectivity index (χ1v) is 10.9. The zero-order valence-electron chi connectivity index (χ0n) is 18.6. The molecule has 0 radical (unpaired) electrons. The number of esters is 4. The van der Waals surface area contributed by atoms with Gasteiger partial charge in [-0.2, -0.15) is 0 Å². The lowest BCUT2D eigenvalue weighted by molar-refractivity contribution is -0.323. The highest BCUT2D eigenvalue weighted by molar-refractivity contribution is 8.15. The van der Waals surface area contributed by atoms with Crippen molar-refractivity contribution in [3.05, 3.63) is 35.6 Å². The molecule has 2 aliphatic heterocycles. The number of ether oxygens (including phenoxy) is 5. The molecule has 2 aliphatic rings. The zero-order valence-corrected chi connectivity index (χ0v) is 19.5. The Morgan fingerprint density at radius 3 is 2.09 bits per heavy atom. The molecule has 1 saturated heterocycles. The van der Waals surface area contributed by atoms with Gasteiger partial charge in [0.05, 0.1) is 0 Å². The Bertz CT molecular complexity index is 1000. The van der Waals surface area contributed by atoms with Crippen LogP contribution in [0.15, 0.2) is 29.4 Å². The van der Waals surface area contributed by atoms with Crippen LogP contribution in [0, 0.1) is 5.82 Å². The quantitative estimate of drug-likeness (QED) is 0.417. The van der Waals surface area contributed by atoms with Crippen LogP contribution in [0.1, 0.15) is 33.3 Å². The smallest absolute Gasteiger partial charge is 0.332 e. The van der Waals surface area contributed by atoms with E-state index in [4.69, 9.17) is 28.5 Å². The Morgan fingerprint density at radius 1 is 0.941 bits per heavy atom. The van der Waals surface area contributed by atoms with Crippen LogP contribution in [0.3, 0.4) is 0 Å². The summed E-state index contributed by atoms with van der Waals surface area (Å²) < 4.78 is 40.6. The minimum absolute atomic E-state index is 0.246. The molecular formula is C21H22FNO10S. The van der Waals surface area contributed by atoms with Crippen molar-refractivity contribution in [3.63, 3.8) is 0 Å². The number of carbonyl (C=O) groups excluding carboxylic acids is 4. The molecule has 0 bridgehead atoms. The number of thioether (sulfide) groups is 1. The fraction of sp³-hybridized carbons (Fsp3) is 0.476. The summed E-state index contributed by atoms with van der Waals surface area (Å²) in [4.78, 5) is 52.7. The molecule has 0 aromatic heterocycles. The van der Waals surface area contributed by atoms with Gasteiger partial charge in [0.1, 0.15) is 23.6 Å². The van der Waals surface area contributed by atoms with E-state index in [1.54, 1.807) is 0 Å². The van der Waals surface area contributed by atoms with Gasteiger partial charge in [-0.15, -0.1) is 0 Å². The minimum Gasteiger partial charge on any atom is -0.463 e. The lowest BCUT2D eigenvalue weighted by Gasteiger charge is -2.47. The second-order valence-electron chi connectivity index (χ2n) is 7.34. The topological polar surface area (TPSA) is 136 Å². The maximum atomic E-state index is 13.4. The van der Waals surface area contributed by atoms with E-state index in [9.17, 15) is 23.6 Å². The normalized spacial score (nSPS) is 27.9. The van der Waals surface area contributed by atoms with E-state index in [0.29, 0.717) is 5.56 Å². The third kappa shape index (κ3) is 5.83. The summed E-state index contributed by atoms with van der Waals surface area (Å²) in [6, 6.07) is 5.34. The molecule has 0 N–H and O–H groups in total. The first kappa shape index (κ1) is 25.4. The molecule has 3 rings (SSSR count). The van der Waals surface area contributed by atoms with E-state index in [-0.39, 0.29) is 5.04 Å².